The summed E-state index contributed by atoms with van der Waals surface area (Å²) in [4.78, 5) is 12.8. The van der Waals surface area contributed by atoms with Gasteiger partial charge in [-0.25, -0.2) is 9.80 Å². The lowest BCUT2D eigenvalue weighted by molar-refractivity contribution is -0.139. The Hall–Kier alpha value is -2.79. The number of allylic oxidation sites excluding steroid dienone is 1. The molecule has 0 radical (unpaired) electrons. The number of nitrogens with zero attached hydrogens (tertiary/aromatic N) is 1. The number of nitrogen functional groups attached to an aromatic ring is 1. The number of nitrogens with one attached hydrogen (secondary N) is 1. The molecule has 0 fully saturated rings. The van der Waals surface area contributed by atoms with Crippen molar-refractivity contribution in [1.82, 2.24) is 10.4 Å². The van der Waals surface area contributed by atoms with E-state index in [0.29, 0.717) is 6.61 Å². The molecule has 1 unspecified atom stereocenters. The molecule has 3 N–H and O–H groups in total. The maximum Gasteiger partial charge on any atom is 0.337 e. The molecule has 1 aliphatic rings. The van der Waals surface area contributed by atoms with Crippen LogP contribution in [0.2, 0.25) is 0 Å². The predicted octanol–water partition coefficient (Wildman–Crippen LogP) is 4.55. The molecule has 3 rings (SSSR count). The number of hydrogen-bond donors (Lipinski definition) is 2. The third-order valence-electron chi connectivity index (χ3n) is 5.46. The van der Waals surface area contributed by atoms with E-state index in [1.807, 2.05) is 31.2 Å². The number of anilines is 1. The molecule has 0 saturated carbocycles. The quantitative estimate of drug-likeness (QED) is 0.496. The molecule has 0 aromatic heterocycles. The summed E-state index contributed by atoms with van der Waals surface area (Å²) in [5, 5.41) is 2.19. The Labute approximate surface area is 179 Å². The maximum absolute atomic E-state index is 12.8. The molecule has 1 atom stereocenters. The molecule has 2 aromatic rings. The Morgan fingerprint density at radius 3 is 2.43 bits per heavy atom. The zero-order valence-corrected chi connectivity index (χ0v) is 18.4. The van der Waals surface area contributed by atoms with Crippen molar-refractivity contribution < 1.29 is 9.53 Å². The summed E-state index contributed by atoms with van der Waals surface area (Å²) in [6.07, 6.45) is 1.74. The van der Waals surface area contributed by atoms with Crippen LogP contribution in [0.3, 0.4) is 0 Å². The van der Waals surface area contributed by atoms with Gasteiger partial charge in [-0.15, -0.1) is 0 Å². The van der Waals surface area contributed by atoms with Crippen LogP contribution in [-0.2, 0) is 16.0 Å². The van der Waals surface area contributed by atoms with E-state index in [9.17, 15) is 4.79 Å². The Balaban J connectivity index is 1.89. The summed E-state index contributed by atoms with van der Waals surface area (Å²) in [6.45, 7) is 9.45. The van der Waals surface area contributed by atoms with E-state index in [1.54, 1.807) is 0 Å². The molecule has 1 aliphatic heterocycles. The molecule has 2 aromatic carbocycles. The molecule has 0 spiro atoms. The van der Waals surface area contributed by atoms with Crippen LogP contribution in [0.5, 0.6) is 0 Å². The van der Waals surface area contributed by atoms with Crippen LogP contribution in [-0.4, -0.2) is 30.2 Å². The highest BCUT2D eigenvalue weighted by Gasteiger charge is 2.37. The molecule has 0 saturated heterocycles. The van der Waals surface area contributed by atoms with Gasteiger partial charge in [-0.2, -0.15) is 0 Å². The largest absolute Gasteiger partial charge is 0.463 e. The van der Waals surface area contributed by atoms with Gasteiger partial charge in [0.15, 0.2) is 0 Å². The van der Waals surface area contributed by atoms with Crippen molar-refractivity contribution in [2.24, 2.45) is 5.92 Å². The molecule has 160 valence electrons. The topological polar surface area (TPSA) is 67.6 Å². The highest BCUT2D eigenvalue weighted by atomic mass is 16.5. The van der Waals surface area contributed by atoms with Crippen molar-refractivity contribution in [3.8, 4) is 11.1 Å². The number of hydrogen-bond acceptors (Lipinski definition) is 5. The van der Waals surface area contributed by atoms with Crippen molar-refractivity contribution in [2.45, 2.75) is 46.6 Å². The summed E-state index contributed by atoms with van der Waals surface area (Å²) in [7, 11) is 0. The molecule has 0 amide bonds. The smallest absolute Gasteiger partial charge is 0.337 e. The van der Waals surface area contributed by atoms with E-state index < -0.39 is 0 Å². The van der Waals surface area contributed by atoms with E-state index in [4.69, 9.17) is 10.5 Å². The van der Waals surface area contributed by atoms with Crippen LogP contribution >= 0.6 is 0 Å². The fourth-order valence-electron chi connectivity index (χ4n) is 3.99. The first-order chi connectivity index (χ1) is 14.5. The fraction of sp³-hybridized carbons (Fsp3) is 0.400. The number of carbonyl (C=O) groups is 1. The van der Waals surface area contributed by atoms with Gasteiger partial charge in [-0.1, -0.05) is 63.2 Å². The Morgan fingerprint density at radius 1 is 1.13 bits per heavy atom. The fourth-order valence-corrected chi connectivity index (χ4v) is 3.99. The zero-order chi connectivity index (χ0) is 21.7. The summed E-state index contributed by atoms with van der Waals surface area (Å²) < 4.78 is 5.41. The van der Waals surface area contributed by atoms with Crippen LogP contribution < -0.4 is 11.2 Å². The molecule has 1 heterocycles. The predicted molar refractivity (Wildman–Crippen MR) is 122 cm³/mol. The Morgan fingerprint density at radius 2 is 1.83 bits per heavy atom. The minimum atomic E-state index is -0.217. The minimum absolute atomic E-state index is 0.0472. The summed E-state index contributed by atoms with van der Waals surface area (Å²) in [5.41, 5.74) is 15.4. The lowest BCUT2D eigenvalue weighted by Crippen LogP contribution is -2.42. The molecule has 0 bridgehead atoms. The average Bonchev–Trinajstić information content (AvgIpc) is 3.08. The standard InChI is InChI=1S/C25H33N3O2/c1-5-15-28-22(23(25(29)30-6-2)24(27-28)17(3)4)16-18-11-13-19(14-12-18)20-9-7-8-10-21(20)26/h7-14,17,22,27H,5-6,15-16,26H2,1-4H3. The van der Waals surface area contributed by atoms with E-state index >= 15 is 0 Å². The van der Waals surface area contributed by atoms with Crippen LogP contribution in [0.1, 0.15) is 39.7 Å². The third-order valence-corrected chi connectivity index (χ3v) is 5.46. The van der Waals surface area contributed by atoms with Gasteiger partial charge >= 0.3 is 5.97 Å². The van der Waals surface area contributed by atoms with Crippen LogP contribution in [0.25, 0.3) is 11.1 Å². The second-order valence-electron chi connectivity index (χ2n) is 8.01. The first-order valence-corrected chi connectivity index (χ1v) is 10.8. The number of benzene rings is 2. The van der Waals surface area contributed by atoms with Crippen LogP contribution in [0, 0.1) is 5.92 Å². The molecular formula is C25H33N3O2. The lowest BCUT2D eigenvalue weighted by Gasteiger charge is -2.26. The second kappa shape index (κ2) is 9.81. The number of ether oxygens (including phenoxy) is 1. The number of para-hydroxylation sites is 1. The van der Waals surface area contributed by atoms with Gasteiger partial charge in [0.2, 0.25) is 0 Å². The van der Waals surface area contributed by atoms with Gasteiger partial charge < -0.3 is 15.9 Å². The number of esters is 1. The van der Waals surface area contributed by atoms with Crippen molar-refractivity contribution >= 4 is 11.7 Å². The first kappa shape index (κ1) is 21.9. The summed E-state index contributed by atoms with van der Waals surface area (Å²) in [5.74, 6) is 0.00294. The normalized spacial score (nSPS) is 16.8. The van der Waals surface area contributed by atoms with Gasteiger partial charge in [-0.05, 0) is 42.9 Å². The van der Waals surface area contributed by atoms with Crippen molar-refractivity contribution in [2.75, 3.05) is 18.9 Å². The van der Waals surface area contributed by atoms with Crippen molar-refractivity contribution in [1.29, 1.82) is 0 Å². The van der Waals surface area contributed by atoms with E-state index in [0.717, 1.165) is 47.5 Å². The van der Waals surface area contributed by atoms with Crippen LogP contribution in [0.15, 0.2) is 59.8 Å². The molecular weight excluding hydrogens is 374 g/mol. The summed E-state index contributed by atoms with van der Waals surface area (Å²) >= 11 is 0. The second-order valence-corrected chi connectivity index (χ2v) is 8.01. The SMILES string of the molecule is CCCN1NC(C(C)C)=C(C(=O)OCC)C1Cc1ccc(-c2ccccc2N)cc1. The first-order valence-electron chi connectivity index (χ1n) is 10.8. The zero-order valence-electron chi connectivity index (χ0n) is 18.4. The number of nitrogens with two attached hydrogens (primary N) is 1. The number of rotatable bonds is 8. The number of carbonyl (C=O) groups excluding carboxylic acids is 1. The van der Waals surface area contributed by atoms with E-state index in [1.165, 1.54) is 5.56 Å². The summed E-state index contributed by atoms with van der Waals surface area (Å²) in [6, 6.07) is 16.3. The highest BCUT2D eigenvalue weighted by molar-refractivity contribution is 5.91. The van der Waals surface area contributed by atoms with Crippen LogP contribution in [0.4, 0.5) is 5.69 Å². The molecule has 5 nitrogen and oxygen atoms in total. The average molecular weight is 408 g/mol. The molecule has 30 heavy (non-hydrogen) atoms. The van der Waals surface area contributed by atoms with Gasteiger partial charge in [0.25, 0.3) is 0 Å². The Kier molecular flexibility index (Phi) is 7.16. The van der Waals surface area contributed by atoms with E-state index in [2.05, 4.69) is 55.5 Å². The monoisotopic (exact) mass is 407 g/mol. The third kappa shape index (κ3) is 4.68. The Bertz CT molecular complexity index is 903. The van der Waals surface area contributed by atoms with Gasteiger partial charge in [0, 0.05) is 23.5 Å². The highest BCUT2D eigenvalue weighted by Crippen LogP contribution is 2.31. The molecule has 5 heteroatoms. The number of hydrazine groups is 1. The van der Waals surface area contributed by atoms with Gasteiger partial charge in [0.05, 0.1) is 18.2 Å². The van der Waals surface area contributed by atoms with Crippen molar-refractivity contribution in [3.63, 3.8) is 0 Å². The van der Waals surface area contributed by atoms with Gasteiger partial charge in [-0.3, -0.25) is 0 Å². The maximum atomic E-state index is 12.8. The van der Waals surface area contributed by atoms with Gasteiger partial charge in [0.1, 0.15) is 0 Å². The molecule has 0 aliphatic carbocycles. The lowest BCUT2D eigenvalue weighted by atomic mass is 9.94. The van der Waals surface area contributed by atoms with E-state index in [-0.39, 0.29) is 17.9 Å². The van der Waals surface area contributed by atoms with Crippen molar-refractivity contribution in [3.05, 3.63) is 65.4 Å². The minimum Gasteiger partial charge on any atom is -0.463 e.